The maximum absolute atomic E-state index is 13.0. The number of hydrogen-bond acceptors (Lipinski definition) is 6. The second-order valence-electron chi connectivity index (χ2n) is 7.29. The standard InChI is InChI=1S/C23H22ClN3O4S/c1-30-15-9-6-13(7-10-15)21(28)27-23-26-20-16(4-3-5-19(20)32-23)22(29)25-14-8-11-18(31-2)17(24)12-14/h6-12,16H,3-5H2,1-2H3,(H,25,29)(H,26,27,28). The van der Waals surface area contributed by atoms with Crippen LogP contribution in [-0.2, 0) is 11.2 Å². The van der Waals surface area contributed by atoms with Crippen LogP contribution in [0.4, 0.5) is 10.8 Å². The Bertz CT molecular complexity index is 1150. The Hall–Kier alpha value is -3.10. The zero-order valence-electron chi connectivity index (χ0n) is 17.6. The number of aryl methyl sites for hydroxylation is 1. The minimum atomic E-state index is -0.387. The number of carbonyl (C=O) groups is 2. The molecule has 1 aromatic heterocycles. The van der Waals surface area contributed by atoms with Crippen molar-refractivity contribution in [3.63, 3.8) is 0 Å². The lowest BCUT2D eigenvalue weighted by Gasteiger charge is -2.20. The molecule has 2 aromatic carbocycles. The van der Waals surface area contributed by atoms with Crippen LogP contribution in [0, 0.1) is 0 Å². The summed E-state index contributed by atoms with van der Waals surface area (Å²) in [6, 6.07) is 12.0. The quantitative estimate of drug-likeness (QED) is 0.520. The fourth-order valence-electron chi connectivity index (χ4n) is 3.61. The van der Waals surface area contributed by atoms with Crippen LogP contribution in [0.3, 0.4) is 0 Å². The summed E-state index contributed by atoms with van der Waals surface area (Å²) in [5.41, 5.74) is 1.82. The molecule has 7 nitrogen and oxygen atoms in total. The number of hydrogen-bond donors (Lipinski definition) is 2. The number of rotatable bonds is 6. The van der Waals surface area contributed by atoms with Gasteiger partial charge in [-0.3, -0.25) is 14.9 Å². The number of aromatic nitrogens is 1. The van der Waals surface area contributed by atoms with Gasteiger partial charge in [0.2, 0.25) is 5.91 Å². The van der Waals surface area contributed by atoms with Gasteiger partial charge in [-0.25, -0.2) is 4.98 Å². The highest BCUT2D eigenvalue weighted by Crippen LogP contribution is 2.38. The van der Waals surface area contributed by atoms with Crippen LogP contribution in [-0.4, -0.2) is 31.0 Å². The molecule has 0 aliphatic heterocycles. The van der Waals surface area contributed by atoms with E-state index in [1.807, 2.05) is 0 Å². The van der Waals surface area contributed by atoms with E-state index >= 15 is 0 Å². The Labute approximate surface area is 194 Å². The molecule has 3 aromatic rings. The van der Waals surface area contributed by atoms with Crippen LogP contribution in [0.2, 0.25) is 5.02 Å². The van der Waals surface area contributed by atoms with Crippen molar-refractivity contribution in [3.8, 4) is 11.5 Å². The molecule has 166 valence electrons. The fourth-order valence-corrected chi connectivity index (χ4v) is 4.93. The Morgan fingerprint density at radius 1 is 1.09 bits per heavy atom. The van der Waals surface area contributed by atoms with Gasteiger partial charge in [0.1, 0.15) is 11.5 Å². The third-order valence-corrected chi connectivity index (χ3v) is 6.60. The largest absolute Gasteiger partial charge is 0.497 e. The molecule has 4 rings (SSSR count). The molecule has 32 heavy (non-hydrogen) atoms. The minimum Gasteiger partial charge on any atom is -0.497 e. The molecule has 1 unspecified atom stereocenters. The minimum absolute atomic E-state index is 0.148. The van der Waals surface area contributed by atoms with Gasteiger partial charge in [0, 0.05) is 16.1 Å². The maximum atomic E-state index is 13.0. The number of nitrogens with one attached hydrogen (secondary N) is 2. The number of methoxy groups -OCH3 is 2. The van der Waals surface area contributed by atoms with Crippen LogP contribution in [0.1, 0.15) is 39.7 Å². The van der Waals surface area contributed by atoms with Crippen LogP contribution >= 0.6 is 22.9 Å². The first kappa shape index (κ1) is 22.1. The third kappa shape index (κ3) is 4.71. The molecule has 0 fully saturated rings. The van der Waals surface area contributed by atoms with Crippen LogP contribution in [0.25, 0.3) is 0 Å². The summed E-state index contributed by atoms with van der Waals surface area (Å²) >= 11 is 7.58. The summed E-state index contributed by atoms with van der Waals surface area (Å²) in [5, 5.41) is 6.68. The molecular weight excluding hydrogens is 450 g/mol. The Morgan fingerprint density at radius 3 is 2.56 bits per heavy atom. The first-order chi connectivity index (χ1) is 15.5. The lowest BCUT2D eigenvalue weighted by atomic mass is 9.90. The number of carbonyl (C=O) groups excluding carboxylic acids is 2. The number of anilines is 2. The Morgan fingerprint density at radius 2 is 1.88 bits per heavy atom. The van der Waals surface area contributed by atoms with E-state index in [0.717, 1.165) is 23.4 Å². The highest BCUT2D eigenvalue weighted by Gasteiger charge is 2.30. The summed E-state index contributed by atoms with van der Waals surface area (Å²) in [6.45, 7) is 0. The van der Waals surface area contributed by atoms with E-state index in [9.17, 15) is 9.59 Å². The average Bonchev–Trinajstić information content (AvgIpc) is 3.21. The van der Waals surface area contributed by atoms with Crippen molar-refractivity contribution in [2.75, 3.05) is 24.9 Å². The van der Waals surface area contributed by atoms with Crippen LogP contribution in [0.15, 0.2) is 42.5 Å². The highest BCUT2D eigenvalue weighted by atomic mass is 35.5. The van der Waals surface area contributed by atoms with Gasteiger partial charge in [-0.05, 0) is 61.7 Å². The summed E-state index contributed by atoms with van der Waals surface area (Å²) in [7, 11) is 3.11. The zero-order chi connectivity index (χ0) is 22.7. The molecule has 0 bridgehead atoms. The van der Waals surface area contributed by atoms with Gasteiger partial charge in [-0.2, -0.15) is 0 Å². The molecule has 0 saturated heterocycles. The number of fused-ring (bicyclic) bond motifs is 1. The molecule has 2 N–H and O–H groups in total. The van der Waals surface area contributed by atoms with Crippen molar-refractivity contribution in [1.82, 2.24) is 4.98 Å². The summed E-state index contributed by atoms with van der Waals surface area (Å²) in [6.07, 6.45) is 2.41. The number of ether oxygens (including phenoxy) is 2. The molecule has 9 heteroatoms. The predicted octanol–water partition coefficient (Wildman–Crippen LogP) is 5.12. The summed E-state index contributed by atoms with van der Waals surface area (Å²) in [4.78, 5) is 31.2. The van der Waals surface area contributed by atoms with E-state index in [4.69, 9.17) is 21.1 Å². The van der Waals surface area contributed by atoms with Crippen LogP contribution in [0.5, 0.6) is 11.5 Å². The molecule has 1 atom stereocenters. The molecule has 0 radical (unpaired) electrons. The van der Waals surface area contributed by atoms with Gasteiger partial charge in [0.25, 0.3) is 5.91 Å². The van der Waals surface area contributed by atoms with Crippen molar-refractivity contribution in [1.29, 1.82) is 0 Å². The van der Waals surface area contributed by atoms with Gasteiger partial charge in [-0.1, -0.05) is 11.6 Å². The number of halogens is 1. The van der Waals surface area contributed by atoms with E-state index in [2.05, 4.69) is 15.6 Å². The number of amides is 2. The maximum Gasteiger partial charge on any atom is 0.257 e. The van der Waals surface area contributed by atoms with E-state index < -0.39 is 0 Å². The molecular formula is C23H22ClN3O4S. The van der Waals surface area contributed by atoms with Crippen molar-refractivity contribution in [3.05, 3.63) is 63.6 Å². The molecule has 1 heterocycles. The second kappa shape index (κ2) is 9.58. The van der Waals surface area contributed by atoms with E-state index in [-0.39, 0.29) is 17.7 Å². The fraction of sp³-hybridized carbons (Fsp3) is 0.261. The third-order valence-electron chi connectivity index (χ3n) is 5.26. The highest BCUT2D eigenvalue weighted by molar-refractivity contribution is 7.16. The SMILES string of the molecule is COc1ccc(C(=O)Nc2nc3c(s2)CCCC3C(=O)Nc2ccc(OC)c(Cl)c2)cc1. The van der Waals surface area contributed by atoms with Crippen molar-refractivity contribution >= 4 is 45.6 Å². The van der Waals surface area contributed by atoms with Gasteiger partial charge < -0.3 is 14.8 Å². The van der Waals surface area contributed by atoms with Gasteiger partial charge in [-0.15, -0.1) is 11.3 Å². The normalized spacial score (nSPS) is 14.9. The lowest BCUT2D eigenvalue weighted by Crippen LogP contribution is -2.24. The number of thiazole rings is 1. The Kier molecular flexibility index (Phi) is 6.62. The summed E-state index contributed by atoms with van der Waals surface area (Å²) in [5.74, 6) is 0.431. The molecule has 1 aliphatic carbocycles. The first-order valence-electron chi connectivity index (χ1n) is 10.1. The first-order valence-corrected chi connectivity index (χ1v) is 11.3. The lowest BCUT2D eigenvalue weighted by molar-refractivity contribution is -0.117. The van der Waals surface area contributed by atoms with Crippen molar-refractivity contribution < 1.29 is 19.1 Å². The Balaban J connectivity index is 1.48. The van der Waals surface area contributed by atoms with Crippen LogP contribution < -0.4 is 20.1 Å². The van der Waals surface area contributed by atoms with E-state index in [1.54, 1.807) is 49.6 Å². The number of benzene rings is 2. The van der Waals surface area contributed by atoms with E-state index in [0.29, 0.717) is 39.3 Å². The smallest absolute Gasteiger partial charge is 0.257 e. The molecule has 2 amide bonds. The topological polar surface area (TPSA) is 89.5 Å². The average molecular weight is 472 g/mol. The predicted molar refractivity (Wildman–Crippen MR) is 125 cm³/mol. The van der Waals surface area contributed by atoms with Gasteiger partial charge >= 0.3 is 0 Å². The van der Waals surface area contributed by atoms with Gasteiger partial charge in [0.15, 0.2) is 5.13 Å². The zero-order valence-corrected chi connectivity index (χ0v) is 19.2. The second-order valence-corrected chi connectivity index (χ2v) is 8.78. The molecule has 0 spiro atoms. The molecule has 0 saturated carbocycles. The van der Waals surface area contributed by atoms with E-state index in [1.165, 1.54) is 18.4 Å². The number of nitrogens with zero attached hydrogens (tertiary/aromatic N) is 1. The van der Waals surface area contributed by atoms with Crippen molar-refractivity contribution in [2.24, 2.45) is 0 Å². The molecule has 1 aliphatic rings. The van der Waals surface area contributed by atoms with Gasteiger partial charge in [0.05, 0.1) is 30.9 Å². The monoisotopic (exact) mass is 471 g/mol. The summed E-state index contributed by atoms with van der Waals surface area (Å²) < 4.78 is 10.3. The van der Waals surface area contributed by atoms with Crippen molar-refractivity contribution in [2.45, 2.75) is 25.2 Å².